The molecule has 2 aromatic heterocycles. The number of aromatic nitrogens is 1. The van der Waals surface area contributed by atoms with E-state index >= 15 is 0 Å². The standard InChI is InChI=1S/C22H29N3O5S/c1-17-21(20(30-23-17)9-8-19-7-6-16-29-19)31(27,28)25-14-10-18(11-15-25)22(26)24-12-4-2-3-5-13-24/h6-9,16,18H,2-5,10-15H2,1H3/b9-8+. The zero-order valence-corrected chi connectivity index (χ0v) is 18.6. The Bertz CT molecular complexity index is 1010. The molecule has 0 spiro atoms. The van der Waals surface area contributed by atoms with Crippen molar-refractivity contribution in [1.29, 1.82) is 0 Å². The summed E-state index contributed by atoms with van der Waals surface area (Å²) in [6.07, 6.45) is 10.3. The number of sulfonamides is 1. The molecule has 2 saturated heterocycles. The van der Waals surface area contributed by atoms with Crippen LogP contribution in [-0.2, 0) is 14.8 Å². The van der Waals surface area contributed by atoms with Gasteiger partial charge >= 0.3 is 0 Å². The third kappa shape index (κ3) is 4.77. The molecule has 8 nitrogen and oxygen atoms in total. The van der Waals surface area contributed by atoms with Gasteiger partial charge in [-0.05, 0) is 56.9 Å². The molecular formula is C22H29N3O5S. The molecule has 0 N–H and O–H groups in total. The first kappa shape index (κ1) is 21.8. The summed E-state index contributed by atoms with van der Waals surface area (Å²) in [5, 5.41) is 3.87. The average molecular weight is 448 g/mol. The molecule has 0 aliphatic carbocycles. The number of nitrogens with zero attached hydrogens (tertiary/aromatic N) is 3. The van der Waals surface area contributed by atoms with E-state index in [-0.39, 0.29) is 22.5 Å². The molecule has 0 unspecified atom stereocenters. The van der Waals surface area contributed by atoms with Crippen LogP contribution in [0.5, 0.6) is 0 Å². The fourth-order valence-electron chi connectivity index (χ4n) is 4.36. The van der Waals surface area contributed by atoms with Gasteiger partial charge in [0.25, 0.3) is 0 Å². The van der Waals surface area contributed by atoms with Gasteiger partial charge < -0.3 is 13.8 Å². The summed E-state index contributed by atoms with van der Waals surface area (Å²) in [6.45, 7) is 3.90. The first-order chi connectivity index (χ1) is 15.0. The number of hydrogen-bond acceptors (Lipinski definition) is 6. The van der Waals surface area contributed by atoms with Crippen LogP contribution in [0.2, 0.25) is 0 Å². The minimum atomic E-state index is -3.78. The maximum Gasteiger partial charge on any atom is 0.248 e. The monoisotopic (exact) mass is 447 g/mol. The van der Waals surface area contributed by atoms with Crippen molar-refractivity contribution in [2.24, 2.45) is 5.92 Å². The quantitative estimate of drug-likeness (QED) is 0.695. The second-order valence-electron chi connectivity index (χ2n) is 8.23. The van der Waals surface area contributed by atoms with Crippen molar-refractivity contribution in [1.82, 2.24) is 14.4 Å². The number of carbonyl (C=O) groups is 1. The van der Waals surface area contributed by atoms with E-state index in [0.29, 0.717) is 37.4 Å². The van der Waals surface area contributed by atoms with Crippen LogP contribution in [-0.4, -0.2) is 54.9 Å². The van der Waals surface area contributed by atoms with Gasteiger partial charge in [0.05, 0.1) is 6.26 Å². The lowest BCUT2D eigenvalue weighted by atomic mass is 9.96. The molecule has 2 aliphatic rings. The Balaban J connectivity index is 1.45. The molecule has 168 valence electrons. The Morgan fingerprint density at radius 2 is 1.81 bits per heavy atom. The normalized spacial score (nSPS) is 19.7. The van der Waals surface area contributed by atoms with Crippen molar-refractivity contribution in [3.63, 3.8) is 0 Å². The van der Waals surface area contributed by atoms with Crippen LogP contribution in [0.1, 0.15) is 55.7 Å². The zero-order chi connectivity index (χ0) is 21.8. The molecule has 0 aromatic carbocycles. The summed E-state index contributed by atoms with van der Waals surface area (Å²) in [6, 6.07) is 3.51. The summed E-state index contributed by atoms with van der Waals surface area (Å²) in [5.74, 6) is 0.843. The molecule has 2 aromatic rings. The number of amides is 1. The Hall–Kier alpha value is -2.39. The van der Waals surface area contributed by atoms with Crippen LogP contribution >= 0.6 is 0 Å². The highest BCUT2D eigenvalue weighted by Gasteiger charge is 2.37. The fourth-order valence-corrected chi connectivity index (χ4v) is 6.08. The number of likely N-dealkylation sites (tertiary alicyclic amines) is 1. The zero-order valence-electron chi connectivity index (χ0n) is 17.8. The lowest BCUT2D eigenvalue weighted by Crippen LogP contribution is -2.44. The van der Waals surface area contributed by atoms with E-state index in [9.17, 15) is 13.2 Å². The second kappa shape index (κ2) is 9.40. The van der Waals surface area contributed by atoms with Crippen LogP contribution in [0.15, 0.2) is 32.2 Å². The number of piperidine rings is 1. The van der Waals surface area contributed by atoms with E-state index in [0.717, 1.165) is 25.9 Å². The largest absolute Gasteiger partial charge is 0.465 e. The van der Waals surface area contributed by atoms with Gasteiger partial charge in [0, 0.05) is 32.1 Å². The number of furan rings is 1. The topological polar surface area (TPSA) is 96.9 Å². The molecule has 4 rings (SSSR count). The first-order valence-corrected chi connectivity index (χ1v) is 12.4. The highest BCUT2D eigenvalue weighted by atomic mass is 32.2. The lowest BCUT2D eigenvalue weighted by Gasteiger charge is -2.33. The van der Waals surface area contributed by atoms with Crippen molar-refractivity contribution in [2.75, 3.05) is 26.2 Å². The molecule has 9 heteroatoms. The summed E-state index contributed by atoms with van der Waals surface area (Å²) in [7, 11) is -3.78. The van der Waals surface area contributed by atoms with E-state index in [4.69, 9.17) is 8.94 Å². The van der Waals surface area contributed by atoms with E-state index in [1.165, 1.54) is 17.1 Å². The second-order valence-corrected chi connectivity index (χ2v) is 10.1. The molecule has 2 fully saturated rings. The number of hydrogen-bond donors (Lipinski definition) is 0. The molecule has 31 heavy (non-hydrogen) atoms. The van der Waals surface area contributed by atoms with Crippen LogP contribution < -0.4 is 0 Å². The Labute approximate surface area is 182 Å². The molecule has 1 amide bonds. The summed E-state index contributed by atoms with van der Waals surface area (Å²) in [4.78, 5) is 15.0. The highest BCUT2D eigenvalue weighted by molar-refractivity contribution is 7.89. The SMILES string of the molecule is Cc1noc(/C=C/c2ccco2)c1S(=O)(=O)N1CCC(C(=O)N2CCCCCC2)CC1. The van der Waals surface area contributed by atoms with Crippen LogP contribution in [0.25, 0.3) is 12.2 Å². The van der Waals surface area contributed by atoms with Crippen LogP contribution in [0.4, 0.5) is 0 Å². The van der Waals surface area contributed by atoms with Crippen molar-refractivity contribution in [3.05, 3.63) is 35.6 Å². The molecule has 4 heterocycles. The minimum Gasteiger partial charge on any atom is -0.465 e. The Morgan fingerprint density at radius 1 is 1.10 bits per heavy atom. The van der Waals surface area contributed by atoms with Gasteiger partial charge in [-0.25, -0.2) is 8.42 Å². The summed E-state index contributed by atoms with van der Waals surface area (Å²) >= 11 is 0. The maximum absolute atomic E-state index is 13.3. The molecule has 0 bridgehead atoms. The van der Waals surface area contributed by atoms with Crippen molar-refractivity contribution >= 4 is 28.1 Å². The van der Waals surface area contributed by atoms with Gasteiger partial charge in [-0.15, -0.1) is 0 Å². The fraction of sp³-hybridized carbons (Fsp3) is 0.545. The predicted molar refractivity (Wildman–Crippen MR) is 115 cm³/mol. The Morgan fingerprint density at radius 3 is 2.45 bits per heavy atom. The van der Waals surface area contributed by atoms with Gasteiger partial charge in [0.15, 0.2) is 10.7 Å². The van der Waals surface area contributed by atoms with Crippen LogP contribution in [0.3, 0.4) is 0 Å². The predicted octanol–water partition coefficient (Wildman–Crippen LogP) is 3.55. The molecular weight excluding hydrogens is 418 g/mol. The number of carbonyl (C=O) groups excluding carboxylic acids is 1. The number of rotatable bonds is 5. The average Bonchev–Trinajstić information content (AvgIpc) is 3.33. The first-order valence-electron chi connectivity index (χ1n) is 10.9. The van der Waals surface area contributed by atoms with Crippen LogP contribution in [0, 0.1) is 12.8 Å². The van der Waals surface area contributed by atoms with Gasteiger partial charge in [0.2, 0.25) is 15.9 Å². The summed E-state index contributed by atoms with van der Waals surface area (Å²) < 4.78 is 38.7. The van der Waals surface area contributed by atoms with Crippen molar-refractivity contribution in [2.45, 2.75) is 50.3 Å². The highest BCUT2D eigenvalue weighted by Crippen LogP contribution is 2.30. The summed E-state index contributed by atoms with van der Waals surface area (Å²) in [5.41, 5.74) is 0.321. The minimum absolute atomic E-state index is 0.0765. The van der Waals surface area contributed by atoms with E-state index in [1.54, 1.807) is 37.5 Å². The lowest BCUT2D eigenvalue weighted by molar-refractivity contribution is -0.136. The van der Waals surface area contributed by atoms with Gasteiger partial charge in [-0.2, -0.15) is 4.31 Å². The smallest absolute Gasteiger partial charge is 0.248 e. The van der Waals surface area contributed by atoms with Gasteiger partial charge in [-0.3, -0.25) is 4.79 Å². The van der Waals surface area contributed by atoms with Gasteiger partial charge in [-0.1, -0.05) is 18.0 Å². The third-order valence-corrected chi connectivity index (χ3v) is 8.15. The Kier molecular flexibility index (Phi) is 6.62. The van der Waals surface area contributed by atoms with Crippen molar-refractivity contribution in [3.8, 4) is 0 Å². The van der Waals surface area contributed by atoms with Crippen molar-refractivity contribution < 1.29 is 22.2 Å². The third-order valence-electron chi connectivity index (χ3n) is 6.09. The van der Waals surface area contributed by atoms with E-state index < -0.39 is 10.0 Å². The van der Waals surface area contributed by atoms with E-state index in [2.05, 4.69) is 5.16 Å². The molecule has 0 radical (unpaired) electrons. The number of aryl methyl sites for hydroxylation is 1. The van der Waals surface area contributed by atoms with Gasteiger partial charge in [0.1, 0.15) is 11.5 Å². The van der Waals surface area contributed by atoms with E-state index in [1.807, 2.05) is 4.90 Å². The maximum atomic E-state index is 13.3. The molecule has 0 saturated carbocycles. The molecule has 2 aliphatic heterocycles. The molecule has 0 atom stereocenters.